The average molecular weight is 262 g/mol. The molecule has 1 aliphatic carbocycles. The van der Waals surface area contributed by atoms with Crippen molar-refractivity contribution in [1.82, 2.24) is 0 Å². The van der Waals surface area contributed by atoms with Gasteiger partial charge in [0, 0.05) is 0 Å². The molecule has 19 heavy (non-hydrogen) atoms. The largest absolute Gasteiger partial charge is 0.481 e. The smallest absolute Gasteiger partial charge is 0.314 e. The van der Waals surface area contributed by atoms with Crippen LogP contribution in [0.25, 0.3) is 0 Å². The first kappa shape index (κ1) is 12.3. The molecule has 4 nitrogen and oxygen atoms in total. The van der Waals surface area contributed by atoms with Crippen molar-refractivity contribution in [2.75, 3.05) is 6.79 Å². The standard InChI is InChI=1S/C15H18O4/c1-9-10(2)13-12(18-8-19-13)7-11(9)15(14(16)17)5-3-4-6-15/h7H,3-6,8H2,1-2H3,(H,16,17). The third kappa shape index (κ3) is 1.62. The molecule has 1 heterocycles. The summed E-state index contributed by atoms with van der Waals surface area (Å²) >= 11 is 0. The van der Waals surface area contributed by atoms with Crippen molar-refractivity contribution in [2.24, 2.45) is 0 Å². The molecular formula is C15H18O4. The van der Waals surface area contributed by atoms with E-state index in [1.54, 1.807) is 0 Å². The topological polar surface area (TPSA) is 55.8 Å². The number of carboxylic acids is 1. The molecule has 0 atom stereocenters. The fourth-order valence-electron chi connectivity index (χ4n) is 3.37. The van der Waals surface area contributed by atoms with E-state index in [4.69, 9.17) is 9.47 Å². The van der Waals surface area contributed by atoms with Crippen LogP contribution in [-0.2, 0) is 10.2 Å². The molecule has 102 valence electrons. The van der Waals surface area contributed by atoms with Gasteiger partial charge in [0.25, 0.3) is 0 Å². The molecule has 0 bridgehead atoms. The molecule has 1 aromatic rings. The summed E-state index contributed by atoms with van der Waals surface area (Å²) in [5.41, 5.74) is 2.18. The minimum Gasteiger partial charge on any atom is -0.481 e. The highest BCUT2D eigenvalue weighted by atomic mass is 16.7. The van der Waals surface area contributed by atoms with E-state index in [1.807, 2.05) is 19.9 Å². The van der Waals surface area contributed by atoms with E-state index >= 15 is 0 Å². The lowest BCUT2D eigenvalue weighted by molar-refractivity contribution is -0.143. The molecule has 3 rings (SSSR count). The highest BCUT2D eigenvalue weighted by Crippen LogP contribution is 2.48. The summed E-state index contributed by atoms with van der Waals surface area (Å²) in [5, 5.41) is 9.71. The predicted octanol–water partition coefficient (Wildman–Crippen LogP) is 2.93. The predicted molar refractivity (Wildman–Crippen MR) is 69.8 cm³/mol. The molecule has 1 fully saturated rings. The van der Waals surface area contributed by atoms with E-state index in [0.29, 0.717) is 18.6 Å². The lowest BCUT2D eigenvalue weighted by atomic mass is 9.76. The van der Waals surface area contributed by atoms with Gasteiger partial charge in [0.15, 0.2) is 11.5 Å². The van der Waals surface area contributed by atoms with E-state index in [0.717, 1.165) is 35.3 Å². The van der Waals surface area contributed by atoms with Crippen molar-refractivity contribution in [3.63, 3.8) is 0 Å². The Morgan fingerprint density at radius 2 is 1.89 bits per heavy atom. The number of fused-ring (bicyclic) bond motifs is 1. The van der Waals surface area contributed by atoms with Crippen molar-refractivity contribution in [2.45, 2.75) is 44.9 Å². The minimum absolute atomic E-state index is 0.221. The Morgan fingerprint density at radius 1 is 1.21 bits per heavy atom. The number of benzene rings is 1. The fraction of sp³-hybridized carbons (Fsp3) is 0.533. The maximum atomic E-state index is 11.8. The summed E-state index contributed by atoms with van der Waals surface area (Å²) in [4.78, 5) is 11.8. The minimum atomic E-state index is -0.740. The number of hydrogen-bond acceptors (Lipinski definition) is 3. The molecule has 1 aromatic carbocycles. The third-order valence-corrected chi connectivity index (χ3v) is 4.61. The third-order valence-electron chi connectivity index (χ3n) is 4.61. The summed E-state index contributed by atoms with van der Waals surface area (Å²) in [7, 11) is 0. The van der Waals surface area contributed by atoms with Gasteiger partial charge in [-0.2, -0.15) is 0 Å². The van der Waals surface area contributed by atoms with Gasteiger partial charge in [-0.15, -0.1) is 0 Å². The highest BCUT2D eigenvalue weighted by Gasteiger charge is 2.45. The first-order valence-electron chi connectivity index (χ1n) is 6.70. The van der Waals surface area contributed by atoms with E-state index in [-0.39, 0.29) is 6.79 Å². The number of carbonyl (C=O) groups is 1. The lowest BCUT2D eigenvalue weighted by Crippen LogP contribution is -2.33. The van der Waals surface area contributed by atoms with Crippen LogP contribution >= 0.6 is 0 Å². The van der Waals surface area contributed by atoms with Crippen molar-refractivity contribution >= 4 is 5.97 Å². The van der Waals surface area contributed by atoms with Crippen LogP contribution in [0.5, 0.6) is 11.5 Å². The van der Waals surface area contributed by atoms with Crippen molar-refractivity contribution in [3.05, 3.63) is 22.8 Å². The average Bonchev–Trinajstić information content (AvgIpc) is 3.02. The molecule has 0 saturated heterocycles. The van der Waals surface area contributed by atoms with Crippen LogP contribution in [0.3, 0.4) is 0 Å². The molecule has 0 aromatic heterocycles. The van der Waals surface area contributed by atoms with Gasteiger partial charge in [-0.1, -0.05) is 12.8 Å². The van der Waals surface area contributed by atoms with Crippen LogP contribution in [0.15, 0.2) is 6.07 Å². The summed E-state index contributed by atoms with van der Waals surface area (Å²) in [6.07, 6.45) is 3.36. The van der Waals surface area contributed by atoms with Crippen LogP contribution in [0.4, 0.5) is 0 Å². The zero-order chi connectivity index (χ0) is 13.6. The van der Waals surface area contributed by atoms with Gasteiger partial charge in [0.1, 0.15) is 0 Å². The lowest BCUT2D eigenvalue weighted by Gasteiger charge is -2.27. The van der Waals surface area contributed by atoms with Crippen LogP contribution in [0.2, 0.25) is 0 Å². The van der Waals surface area contributed by atoms with Crippen molar-refractivity contribution in [1.29, 1.82) is 0 Å². The molecule has 4 heteroatoms. The van der Waals surface area contributed by atoms with Crippen molar-refractivity contribution < 1.29 is 19.4 Å². The number of rotatable bonds is 2. The summed E-state index contributed by atoms with van der Waals surface area (Å²) < 4.78 is 10.9. The van der Waals surface area contributed by atoms with Crippen molar-refractivity contribution in [3.8, 4) is 11.5 Å². The maximum Gasteiger partial charge on any atom is 0.314 e. The summed E-state index contributed by atoms with van der Waals surface area (Å²) in [6, 6.07) is 1.88. The van der Waals surface area contributed by atoms with Crippen LogP contribution < -0.4 is 9.47 Å². The van der Waals surface area contributed by atoms with Crippen LogP contribution in [0, 0.1) is 13.8 Å². The normalized spacial score (nSPS) is 19.7. The first-order chi connectivity index (χ1) is 9.06. The zero-order valence-electron chi connectivity index (χ0n) is 11.3. The van der Waals surface area contributed by atoms with E-state index in [9.17, 15) is 9.90 Å². The number of ether oxygens (including phenoxy) is 2. The second kappa shape index (κ2) is 4.15. The van der Waals surface area contributed by atoms with E-state index in [1.165, 1.54) is 0 Å². The Labute approximate surface area is 112 Å². The van der Waals surface area contributed by atoms with Crippen LogP contribution in [-0.4, -0.2) is 17.9 Å². The molecule has 0 unspecified atom stereocenters. The van der Waals surface area contributed by atoms with E-state index < -0.39 is 11.4 Å². The van der Waals surface area contributed by atoms with Crippen LogP contribution in [0.1, 0.15) is 42.4 Å². The molecule has 0 amide bonds. The number of hydrogen-bond donors (Lipinski definition) is 1. The number of carboxylic acid groups (broad SMARTS) is 1. The first-order valence-corrected chi connectivity index (χ1v) is 6.70. The quantitative estimate of drug-likeness (QED) is 0.890. The second-order valence-corrected chi connectivity index (χ2v) is 5.50. The Kier molecular flexibility index (Phi) is 2.69. The van der Waals surface area contributed by atoms with Gasteiger partial charge in [-0.3, -0.25) is 4.79 Å². The second-order valence-electron chi connectivity index (χ2n) is 5.50. The number of aliphatic carboxylic acids is 1. The molecule has 1 saturated carbocycles. The SMILES string of the molecule is Cc1c(C2(C(=O)O)CCCC2)cc2c(c1C)OCO2. The maximum absolute atomic E-state index is 11.8. The Hall–Kier alpha value is -1.71. The Bertz CT molecular complexity index is 542. The van der Waals surface area contributed by atoms with E-state index in [2.05, 4.69) is 0 Å². The molecule has 1 aliphatic heterocycles. The molecule has 1 N–H and O–H groups in total. The zero-order valence-corrected chi connectivity index (χ0v) is 11.3. The molecular weight excluding hydrogens is 244 g/mol. The van der Waals surface area contributed by atoms with Gasteiger partial charge in [-0.25, -0.2) is 0 Å². The Morgan fingerprint density at radius 3 is 2.53 bits per heavy atom. The van der Waals surface area contributed by atoms with Gasteiger partial charge < -0.3 is 14.6 Å². The van der Waals surface area contributed by atoms with Gasteiger partial charge in [0.05, 0.1) is 5.41 Å². The van der Waals surface area contributed by atoms with Gasteiger partial charge in [0.2, 0.25) is 6.79 Å². The molecule has 2 aliphatic rings. The monoisotopic (exact) mass is 262 g/mol. The highest BCUT2D eigenvalue weighted by molar-refractivity contribution is 5.83. The summed E-state index contributed by atoms with van der Waals surface area (Å²) in [5.74, 6) is 0.733. The fourth-order valence-corrected chi connectivity index (χ4v) is 3.37. The van der Waals surface area contributed by atoms with Gasteiger partial charge >= 0.3 is 5.97 Å². The molecule has 0 spiro atoms. The Balaban J connectivity index is 2.20. The summed E-state index contributed by atoms with van der Waals surface area (Å²) in [6.45, 7) is 4.17. The molecule has 0 radical (unpaired) electrons. The van der Waals surface area contributed by atoms with Gasteiger partial charge in [-0.05, 0) is 49.4 Å².